The van der Waals surface area contributed by atoms with Gasteiger partial charge in [-0.1, -0.05) is 11.6 Å². The van der Waals surface area contributed by atoms with Gasteiger partial charge in [0.25, 0.3) is 0 Å². The van der Waals surface area contributed by atoms with Crippen LogP contribution >= 0.6 is 11.6 Å². The van der Waals surface area contributed by atoms with Gasteiger partial charge in [-0.2, -0.15) is 0 Å². The fourth-order valence-electron chi connectivity index (χ4n) is 2.02. The molecule has 3 rings (SSSR count). The largest absolute Gasteiger partial charge is 0.326 e. The number of nitrogens with zero attached hydrogens (tertiary/aromatic N) is 3. The van der Waals surface area contributed by atoms with E-state index in [1.54, 1.807) is 43.7 Å². The van der Waals surface area contributed by atoms with Crippen LogP contribution in [0.1, 0.15) is 0 Å². The summed E-state index contributed by atoms with van der Waals surface area (Å²) in [6.07, 6.45) is 3.26. The van der Waals surface area contributed by atoms with Crippen LogP contribution in [0.3, 0.4) is 0 Å². The molecule has 1 heterocycles. The minimum atomic E-state index is -0.245. The number of halogens is 1. The summed E-state index contributed by atoms with van der Waals surface area (Å²) >= 11 is 5.83. The quantitative estimate of drug-likeness (QED) is 0.779. The van der Waals surface area contributed by atoms with Gasteiger partial charge in [0, 0.05) is 35.8 Å². The van der Waals surface area contributed by atoms with Crippen LogP contribution in [-0.4, -0.2) is 23.0 Å². The molecule has 2 aromatic carbocycles. The summed E-state index contributed by atoms with van der Waals surface area (Å²) in [7, 11) is 1.70. The van der Waals surface area contributed by atoms with E-state index >= 15 is 0 Å². The molecule has 3 aromatic rings. The van der Waals surface area contributed by atoms with E-state index in [0.29, 0.717) is 10.7 Å². The number of aromatic nitrogens is 2. The van der Waals surface area contributed by atoms with Crippen LogP contribution in [0.5, 0.6) is 0 Å². The first kappa shape index (κ1) is 14.3. The average Bonchev–Trinajstić information content (AvgIpc) is 2.55. The molecule has 0 bridgehead atoms. The second kappa shape index (κ2) is 5.99. The predicted molar refractivity (Wildman–Crippen MR) is 88.4 cm³/mol. The number of rotatable bonds is 2. The van der Waals surface area contributed by atoms with E-state index in [-0.39, 0.29) is 6.03 Å². The molecule has 110 valence electrons. The molecule has 0 unspecified atom stereocenters. The van der Waals surface area contributed by atoms with Gasteiger partial charge in [0.1, 0.15) is 0 Å². The second-order valence-corrected chi connectivity index (χ2v) is 5.16. The molecule has 0 atom stereocenters. The van der Waals surface area contributed by atoms with E-state index in [1.807, 2.05) is 18.2 Å². The number of nitrogens with one attached hydrogen (secondary N) is 1. The summed E-state index contributed by atoms with van der Waals surface area (Å²) in [4.78, 5) is 22.2. The fourth-order valence-corrected chi connectivity index (χ4v) is 2.14. The van der Waals surface area contributed by atoms with E-state index in [9.17, 15) is 4.79 Å². The summed E-state index contributed by atoms with van der Waals surface area (Å²) in [5, 5.41) is 3.43. The number of carbonyl (C=O) groups excluding carboxylic acids is 1. The Morgan fingerprint density at radius 2 is 1.73 bits per heavy atom. The van der Waals surface area contributed by atoms with Gasteiger partial charge in [0.2, 0.25) is 0 Å². The van der Waals surface area contributed by atoms with Crippen molar-refractivity contribution in [1.82, 2.24) is 9.97 Å². The minimum Gasteiger partial charge on any atom is -0.308 e. The summed E-state index contributed by atoms with van der Waals surface area (Å²) in [6, 6.07) is 12.2. The van der Waals surface area contributed by atoms with E-state index < -0.39 is 0 Å². The van der Waals surface area contributed by atoms with Crippen LogP contribution in [0.2, 0.25) is 5.02 Å². The van der Waals surface area contributed by atoms with Crippen molar-refractivity contribution in [2.75, 3.05) is 17.3 Å². The molecule has 0 radical (unpaired) electrons. The SMILES string of the molecule is CN(C(=O)Nc1ccc(Cl)cc1)c1ccc2nccnc2c1. The molecule has 0 aliphatic heterocycles. The lowest BCUT2D eigenvalue weighted by molar-refractivity contribution is 0.258. The zero-order chi connectivity index (χ0) is 15.5. The van der Waals surface area contributed by atoms with Crippen molar-refractivity contribution in [1.29, 1.82) is 0 Å². The molecule has 0 aliphatic rings. The molecule has 5 nitrogen and oxygen atoms in total. The number of amides is 2. The van der Waals surface area contributed by atoms with Gasteiger partial charge in [-0.15, -0.1) is 0 Å². The highest BCUT2D eigenvalue weighted by Gasteiger charge is 2.12. The fraction of sp³-hybridized carbons (Fsp3) is 0.0625. The first-order chi connectivity index (χ1) is 10.6. The zero-order valence-electron chi connectivity index (χ0n) is 11.8. The molecular formula is C16H13ClN4O. The standard InChI is InChI=1S/C16H13ClN4O/c1-21(16(22)20-12-4-2-11(17)3-5-12)13-6-7-14-15(10-13)19-9-8-18-14/h2-10H,1H3,(H,20,22). The summed E-state index contributed by atoms with van der Waals surface area (Å²) in [5.41, 5.74) is 2.95. The third kappa shape index (κ3) is 2.99. The summed E-state index contributed by atoms with van der Waals surface area (Å²) in [6.45, 7) is 0. The van der Waals surface area contributed by atoms with Crippen molar-refractivity contribution in [3.8, 4) is 0 Å². The molecule has 0 saturated heterocycles. The van der Waals surface area contributed by atoms with Crippen molar-refractivity contribution >= 4 is 40.0 Å². The molecule has 2 amide bonds. The van der Waals surface area contributed by atoms with Crippen LogP contribution < -0.4 is 10.2 Å². The number of urea groups is 1. The Kier molecular flexibility index (Phi) is 3.89. The monoisotopic (exact) mass is 312 g/mol. The van der Waals surface area contributed by atoms with Crippen molar-refractivity contribution < 1.29 is 4.79 Å². The molecule has 0 aliphatic carbocycles. The van der Waals surface area contributed by atoms with Crippen LogP contribution in [-0.2, 0) is 0 Å². The van der Waals surface area contributed by atoms with Crippen LogP contribution in [0.25, 0.3) is 11.0 Å². The lowest BCUT2D eigenvalue weighted by Crippen LogP contribution is -2.31. The lowest BCUT2D eigenvalue weighted by atomic mass is 10.2. The third-order valence-corrected chi connectivity index (χ3v) is 3.49. The first-order valence-corrected chi connectivity index (χ1v) is 7.02. The number of hydrogen-bond acceptors (Lipinski definition) is 3. The van der Waals surface area contributed by atoms with Crippen molar-refractivity contribution in [3.63, 3.8) is 0 Å². The molecule has 1 aromatic heterocycles. The number of benzene rings is 2. The first-order valence-electron chi connectivity index (χ1n) is 6.64. The molecular weight excluding hydrogens is 300 g/mol. The van der Waals surface area contributed by atoms with Crippen molar-refractivity contribution in [2.45, 2.75) is 0 Å². The topological polar surface area (TPSA) is 58.1 Å². The molecule has 22 heavy (non-hydrogen) atoms. The predicted octanol–water partition coefficient (Wildman–Crippen LogP) is 3.95. The van der Waals surface area contributed by atoms with Crippen molar-refractivity contribution in [3.05, 3.63) is 59.9 Å². The zero-order valence-corrected chi connectivity index (χ0v) is 12.6. The Morgan fingerprint density at radius 1 is 1.05 bits per heavy atom. The van der Waals surface area contributed by atoms with Gasteiger partial charge >= 0.3 is 6.03 Å². The summed E-state index contributed by atoms with van der Waals surface area (Å²) < 4.78 is 0. The highest BCUT2D eigenvalue weighted by Crippen LogP contribution is 2.20. The molecule has 0 spiro atoms. The number of fused-ring (bicyclic) bond motifs is 1. The van der Waals surface area contributed by atoms with Crippen LogP contribution in [0, 0.1) is 0 Å². The second-order valence-electron chi connectivity index (χ2n) is 4.73. The normalized spacial score (nSPS) is 10.5. The highest BCUT2D eigenvalue weighted by molar-refractivity contribution is 6.30. The molecule has 0 saturated carbocycles. The van der Waals surface area contributed by atoms with E-state index in [4.69, 9.17) is 11.6 Å². The van der Waals surface area contributed by atoms with Gasteiger partial charge in [-0.3, -0.25) is 14.9 Å². The van der Waals surface area contributed by atoms with E-state index in [0.717, 1.165) is 16.7 Å². The lowest BCUT2D eigenvalue weighted by Gasteiger charge is -2.18. The van der Waals surface area contributed by atoms with Gasteiger partial charge in [-0.25, -0.2) is 4.79 Å². The maximum Gasteiger partial charge on any atom is 0.326 e. The maximum atomic E-state index is 12.3. The Hall–Kier alpha value is -2.66. The molecule has 0 fully saturated rings. The van der Waals surface area contributed by atoms with Crippen molar-refractivity contribution in [2.24, 2.45) is 0 Å². The third-order valence-electron chi connectivity index (χ3n) is 3.24. The molecule has 6 heteroatoms. The van der Waals surface area contributed by atoms with Gasteiger partial charge in [0.15, 0.2) is 0 Å². The van der Waals surface area contributed by atoms with E-state index in [1.165, 1.54) is 4.90 Å². The van der Waals surface area contributed by atoms with Crippen LogP contribution in [0.4, 0.5) is 16.2 Å². The minimum absolute atomic E-state index is 0.245. The molecule has 1 N–H and O–H groups in total. The maximum absolute atomic E-state index is 12.3. The van der Waals surface area contributed by atoms with Gasteiger partial charge in [-0.05, 0) is 42.5 Å². The van der Waals surface area contributed by atoms with Crippen LogP contribution in [0.15, 0.2) is 54.9 Å². The van der Waals surface area contributed by atoms with E-state index in [2.05, 4.69) is 15.3 Å². The summed E-state index contributed by atoms with van der Waals surface area (Å²) in [5.74, 6) is 0. The number of carbonyl (C=O) groups is 1. The Morgan fingerprint density at radius 3 is 2.45 bits per heavy atom. The average molecular weight is 313 g/mol. The smallest absolute Gasteiger partial charge is 0.308 e. The number of hydrogen-bond donors (Lipinski definition) is 1. The highest BCUT2D eigenvalue weighted by atomic mass is 35.5. The van der Waals surface area contributed by atoms with Gasteiger partial charge in [0.05, 0.1) is 11.0 Å². The van der Waals surface area contributed by atoms with Gasteiger partial charge < -0.3 is 5.32 Å². The Balaban J connectivity index is 1.80. The number of anilines is 2. The Bertz CT molecular complexity index is 820. The Labute approximate surface area is 132 Å².